The third kappa shape index (κ3) is 1.83. The van der Waals surface area contributed by atoms with Crippen molar-refractivity contribution in [2.45, 2.75) is 64.1 Å². The normalized spacial score (nSPS) is 27.5. The molecule has 2 N–H and O–H groups in total. The molecule has 1 radical (unpaired) electrons. The van der Waals surface area contributed by atoms with E-state index in [1.807, 2.05) is 27.7 Å². The predicted octanol–water partition coefficient (Wildman–Crippen LogP) is 1.56. The van der Waals surface area contributed by atoms with Crippen molar-refractivity contribution in [1.29, 1.82) is 0 Å². The smallest absolute Gasteiger partial charge is 0.326 e. The predicted molar refractivity (Wildman–Crippen MR) is 70.5 cm³/mol. The summed E-state index contributed by atoms with van der Waals surface area (Å²) in [6.07, 6.45) is 0.826. The first-order valence-electron chi connectivity index (χ1n) is 6.74. The molecule has 107 valence electrons. The molecule has 0 aromatic heterocycles. The van der Waals surface area contributed by atoms with Crippen molar-refractivity contribution in [3.8, 4) is 0 Å². The molecule has 19 heavy (non-hydrogen) atoms. The highest BCUT2D eigenvalue weighted by atomic mass is 16.5. The zero-order valence-corrected chi connectivity index (χ0v) is 12.4. The van der Waals surface area contributed by atoms with Gasteiger partial charge < -0.3 is 10.5 Å². The van der Waals surface area contributed by atoms with E-state index in [9.17, 15) is 10.0 Å². The molecule has 2 rings (SSSR count). The van der Waals surface area contributed by atoms with Gasteiger partial charge in [-0.25, -0.2) is 0 Å². The van der Waals surface area contributed by atoms with Gasteiger partial charge in [0.05, 0.1) is 17.7 Å². The van der Waals surface area contributed by atoms with Crippen molar-refractivity contribution in [3.63, 3.8) is 0 Å². The lowest BCUT2D eigenvalue weighted by molar-refractivity contribution is -0.242. The fourth-order valence-corrected chi connectivity index (χ4v) is 3.44. The van der Waals surface area contributed by atoms with Crippen LogP contribution in [0.1, 0.15) is 47.5 Å². The minimum absolute atomic E-state index is 0.322. The third-order valence-electron chi connectivity index (χ3n) is 4.52. The van der Waals surface area contributed by atoms with E-state index >= 15 is 0 Å². The Balaban J connectivity index is 2.34. The molecule has 1 aliphatic carbocycles. The molecule has 0 atom stereocenters. The SMILES string of the molecule is CCOC(=O)C1(N)CC2=C(C1)C(C)(C)N([O])C2(C)C. The zero-order valence-electron chi connectivity index (χ0n) is 12.4. The van der Waals surface area contributed by atoms with E-state index < -0.39 is 16.6 Å². The summed E-state index contributed by atoms with van der Waals surface area (Å²) in [7, 11) is 0. The Labute approximate surface area is 114 Å². The minimum Gasteiger partial charge on any atom is -0.465 e. The van der Waals surface area contributed by atoms with Crippen molar-refractivity contribution in [1.82, 2.24) is 5.06 Å². The van der Waals surface area contributed by atoms with Gasteiger partial charge in [0.1, 0.15) is 5.54 Å². The number of rotatable bonds is 2. The summed E-state index contributed by atoms with van der Waals surface area (Å²) in [6, 6.07) is 0. The highest BCUT2D eigenvalue weighted by Gasteiger charge is 2.59. The van der Waals surface area contributed by atoms with Gasteiger partial charge in [-0.2, -0.15) is 0 Å². The molecule has 2 aliphatic rings. The second-order valence-electron chi connectivity index (χ2n) is 6.60. The third-order valence-corrected chi connectivity index (χ3v) is 4.52. The molecule has 1 aliphatic heterocycles. The molecule has 0 amide bonds. The van der Waals surface area contributed by atoms with E-state index in [0.717, 1.165) is 16.2 Å². The highest BCUT2D eigenvalue weighted by Crippen LogP contribution is 2.53. The van der Waals surface area contributed by atoms with Crippen LogP contribution in [0.4, 0.5) is 0 Å². The largest absolute Gasteiger partial charge is 0.465 e. The van der Waals surface area contributed by atoms with Crippen LogP contribution in [-0.2, 0) is 14.7 Å². The average molecular weight is 267 g/mol. The van der Waals surface area contributed by atoms with Crippen molar-refractivity contribution in [2.24, 2.45) is 5.73 Å². The Morgan fingerprint density at radius 3 is 2.00 bits per heavy atom. The van der Waals surface area contributed by atoms with Crippen LogP contribution in [0.3, 0.4) is 0 Å². The van der Waals surface area contributed by atoms with Crippen LogP contribution >= 0.6 is 0 Å². The van der Waals surface area contributed by atoms with E-state index in [-0.39, 0.29) is 5.97 Å². The van der Waals surface area contributed by atoms with Gasteiger partial charge in [0.15, 0.2) is 0 Å². The molecule has 1 heterocycles. The van der Waals surface area contributed by atoms with E-state index in [1.54, 1.807) is 6.92 Å². The number of hydrogen-bond acceptors (Lipinski definition) is 4. The van der Waals surface area contributed by atoms with Gasteiger partial charge in [0.2, 0.25) is 0 Å². The number of hydroxylamine groups is 2. The summed E-state index contributed by atoms with van der Waals surface area (Å²) >= 11 is 0. The van der Waals surface area contributed by atoms with Gasteiger partial charge in [-0.1, -0.05) is 0 Å². The van der Waals surface area contributed by atoms with Crippen molar-refractivity contribution in [3.05, 3.63) is 11.1 Å². The lowest BCUT2D eigenvalue weighted by Gasteiger charge is -2.38. The first-order valence-corrected chi connectivity index (χ1v) is 6.74. The summed E-state index contributed by atoms with van der Waals surface area (Å²) < 4.78 is 5.07. The van der Waals surface area contributed by atoms with Crippen molar-refractivity contribution in [2.75, 3.05) is 6.61 Å². The summed E-state index contributed by atoms with van der Waals surface area (Å²) in [5.41, 5.74) is 6.02. The van der Waals surface area contributed by atoms with Gasteiger partial charge in [0.25, 0.3) is 0 Å². The number of hydrogen-bond donors (Lipinski definition) is 1. The molecule has 0 aromatic carbocycles. The molecule has 0 saturated carbocycles. The number of nitrogens with two attached hydrogens (primary N) is 1. The molecular weight excluding hydrogens is 244 g/mol. The summed E-state index contributed by atoms with van der Waals surface area (Å²) in [5, 5.41) is 13.5. The molecule has 0 spiro atoms. The van der Waals surface area contributed by atoms with E-state index in [0.29, 0.717) is 19.4 Å². The van der Waals surface area contributed by atoms with Gasteiger partial charge in [0, 0.05) is 0 Å². The van der Waals surface area contributed by atoms with Crippen molar-refractivity contribution >= 4 is 5.97 Å². The standard InChI is InChI=1S/C14H23N2O3/c1-6-19-11(17)14(15)7-9-10(8-14)13(4,5)16(18)12(9,2)3/h6-8,15H2,1-5H3. The second-order valence-corrected chi connectivity index (χ2v) is 6.60. The summed E-state index contributed by atoms with van der Waals surface area (Å²) in [4.78, 5) is 12.0. The van der Waals surface area contributed by atoms with Crippen LogP contribution in [0.15, 0.2) is 11.1 Å². The topological polar surface area (TPSA) is 75.5 Å². The lowest BCUT2D eigenvalue weighted by atomic mass is 9.87. The minimum atomic E-state index is -1.00. The fourth-order valence-electron chi connectivity index (χ4n) is 3.44. The second kappa shape index (κ2) is 4.04. The average Bonchev–Trinajstić information content (AvgIpc) is 2.73. The Kier molecular flexibility index (Phi) is 3.08. The fraction of sp³-hybridized carbons (Fsp3) is 0.786. The van der Waals surface area contributed by atoms with E-state index in [4.69, 9.17) is 10.5 Å². The van der Waals surface area contributed by atoms with E-state index in [1.165, 1.54) is 0 Å². The molecule has 5 heteroatoms. The van der Waals surface area contributed by atoms with Crippen LogP contribution < -0.4 is 5.73 Å². The Morgan fingerprint density at radius 1 is 1.21 bits per heavy atom. The number of esters is 1. The number of nitrogens with zero attached hydrogens (tertiary/aromatic N) is 1. The van der Waals surface area contributed by atoms with Crippen LogP contribution in [-0.4, -0.2) is 34.3 Å². The number of ether oxygens (including phenoxy) is 1. The van der Waals surface area contributed by atoms with Crippen molar-refractivity contribution < 1.29 is 14.7 Å². The quantitative estimate of drug-likeness (QED) is 0.608. The maximum absolute atomic E-state index is 12.4. The number of carbonyl (C=O) groups excluding carboxylic acids is 1. The van der Waals surface area contributed by atoms with Crippen LogP contribution in [0, 0.1) is 0 Å². The molecule has 5 nitrogen and oxygen atoms in total. The van der Waals surface area contributed by atoms with Gasteiger partial charge in [-0.05, 0) is 58.6 Å². The highest BCUT2D eigenvalue weighted by molar-refractivity contribution is 5.83. The lowest BCUT2D eigenvalue weighted by Crippen LogP contribution is -2.54. The van der Waals surface area contributed by atoms with Gasteiger partial charge in [-0.3, -0.25) is 4.79 Å². The zero-order chi connectivity index (χ0) is 14.6. The Hall–Kier alpha value is -0.910. The monoisotopic (exact) mass is 267 g/mol. The molecule has 0 unspecified atom stereocenters. The maximum atomic E-state index is 12.4. The van der Waals surface area contributed by atoms with E-state index in [2.05, 4.69) is 0 Å². The van der Waals surface area contributed by atoms with Gasteiger partial charge >= 0.3 is 5.97 Å². The molecular formula is C14H23N2O3. The summed E-state index contributed by atoms with van der Waals surface area (Å²) in [5.74, 6) is -0.367. The molecule has 0 saturated heterocycles. The Bertz CT molecular complexity index is 424. The Morgan fingerprint density at radius 2 is 1.63 bits per heavy atom. The first kappa shape index (κ1) is 14.5. The maximum Gasteiger partial charge on any atom is 0.326 e. The van der Waals surface area contributed by atoms with Crippen LogP contribution in [0.5, 0.6) is 0 Å². The molecule has 0 bridgehead atoms. The van der Waals surface area contributed by atoms with Crippen LogP contribution in [0.25, 0.3) is 0 Å². The molecule has 0 fully saturated rings. The van der Waals surface area contributed by atoms with Gasteiger partial charge in [-0.15, -0.1) is 10.3 Å². The first-order chi connectivity index (χ1) is 8.57. The molecule has 0 aromatic rings. The number of carbonyl (C=O) groups is 1. The summed E-state index contributed by atoms with van der Waals surface area (Å²) in [6.45, 7) is 9.65. The van der Waals surface area contributed by atoms with Crippen LogP contribution in [0.2, 0.25) is 0 Å².